The van der Waals surface area contributed by atoms with Gasteiger partial charge in [-0.2, -0.15) is 0 Å². The number of esters is 1. The summed E-state index contributed by atoms with van der Waals surface area (Å²) in [6.07, 6.45) is 7.31. The van der Waals surface area contributed by atoms with Crippen molar-refractivity contribution >= 4 is 37.5 Å². The Morgan fingerprint density at radius 3 is 2.41 bits per heavy atom. The van der Waals surface area contributed by atoms with Crippen LogP contribution in [-0.4, -0.2) is 48.5 Å². The van der Waals surface area contributed by atoms with Gasteiger partial charge in [-0.25, -0.2) is 4.98 Å². The quantitative estimate of drug-likeness (QED) is 0.213. The first-order valence-corrected chi connectivity index (χ1v) is 18.6. The predicted octanol–water partition coefficient (Wildman–Crippen LogP) is 8.07. The normalized spacial score (nSPS) is 29.9. The molecule has 41 heavy (non-hydrogen) atoms. The summed E-state index contributed by atoms with van der Waals surface area (Å²) in [6, 6.07) is 0. The summed E-state index contributed by atoms with van der Waals surface area (Å²) in [4.78, 5) is 31.6. The SMILES string of the molecule is C/C1=C/C[C@@H](/C(C)=C/c2csc(C)n2)OC(=O)CC(O)C(C)(C)C(=O)[C@H](C)[C@@H](O[Si](C)(C)C(C)(C)C)[C@@H](C)/C=C\C1. The van der Waals surface area contributed by atoms with Gasteiger partial charge in [0.05, 0.1) is 34.7 Å². The summed E-state index contributed by atoms with van der Waals surface area (Å²) in [5.74, 6) is -1.13. The summed E-state index contributed by atoms with van der Waals surface area (Å²) in [7, 11) is -2.21. The number of aliphatic hydroxyl groups excluding tert-OH is 1. The van der Waals surface area contributed by atoms with Crippen molar-refractivity contribution in [1.29, 1.82) is 0 Å². The molecule has 0 spiro atoms. The second kappa shape index (κ2) is 14.1. The summed E-state index contributed by atoms with van der Waals surface area (Å²) in [6.45, 7) is 24.4. The van der Waals surface area contributed by atoms with Crippen LogP contribution in [0.5, 0.6) is 0 Å². The molecule has 8 heteroatoms. The van der Waals surface area contributed by atoms with E-state index in [2.05, 4.69) is 70.9 Å². The van der Waals surface area contributed by atoms with Crippen molar-refractivity contribution in [2.75, 3.05) is 0 Å². The van der Waals surface area contributed by atoms with Crippen molar-refractivity contribution in [3.8, 4) is 0 Å². The van der Waals surface area contributed by atoms with E-state index in [9.17, 15) is 14.7 Å². The van der Waals surface area contributed by atoms with Crippen LogP contribution in [0.2, 0.25) is 18.1 Å². The van der Waals surface area contributed by atoms with Crippen molar-refractivity contribution in [2.24, 2.45) is 17.3 Å². The largest absolute Gasteiger partial charge is 0.457 e. The monoisotopic (exact) mass is 603 g/mol. The number of carbonyl (C=O) groups is 2. The maximum Gasteiger partial charge on any atom is 0.309 e. The summed E-state index contributed by atoms with van der Waals surface area (Å²) in [5.41, 5.74) is 1.71. The molecule has 6 nitrogen and oxygen atoms in total. The smallest absolute Gasteiger partial charge is 0.309 e. The number of ether oxygens (including phenoxy) is 1. The van der Waals surface area contributed by atoms with E-state index in [0.717, 1.165) is 28.3 Å². The second-order valence-electron chi connectivity index (χ2n) is 13.9. The number of allylic oxidation sites excluding steroid dienone is 2. The molecule has 2 rings (SSSR count). The van der Waals surface area contributed by atoms with E-state index >= 15 is 0 Å². The van der Waals surface area contributed by atoms with E-state index in [1.54, 1.807) is 25.2 Å². The van der Waals surface area contributed by atoms with E-state index in [4.69, 9.17) is 9.16 Å². The highest BCUT2D eigenvalue weighted by atomic mass is 32.1. The average Bonchev–Trinajstić information content (AvgIpc) is 3.26. The van der Waals surface area contributed by atoms with Gasteiger partial charge in [0.2, 0.25) is 0 Å². The summed E-state index contributed by atoms with van der Waals surface area (Å²) < 4.78 is 12.8. The molecule has 230 valence electrons. The maximum atomic E-state index is 14.0. The molecule has 0 aromatic carbocycles. The van der Waals surface area contributed by atoms with Gasteiger partial charge in [-0.05, 0) is 62.9 Å². The van der Waals surface area contributed by atoms with Crippen LogP contribution in [0.3, 0.4) is 0 Å². The molecule has 5 atom stereocenters. The van der Waals surface area contributed by atoms with Crippen LogP contribution in [0, 0.1) is 24.2 Å². The Morgan fingerprint density at radius 2 is 1.85 bits per heavy atom. The number of carbonyl (C=O) groups excluding carboxylic acids is 2. The van der Waals surface area contributed by atoms with Gasteiger partial charge in [-0.1, -0.05) is 72.3 Å². The van der Waals surface area contributed by atoms with Crippen LogP contribution in [0.15, 0.2) is 34.8 Å². The Bertz CT molecular complexity index is 1160. The van der Waals surface area contributed by atoms with Crippen LogP contribution >= 0.6 is 11.3 Å². The lowest BCUT2D eigenvalue weighted by molar-refractivity contribution is -0.153. The lowest BCUT2D eigenvalue weighted by Gasteiger charge is -2.43. The van der Waals surface area contributed by atoms with E-state index in [-0.39, 0.29) is 29.3 Å². The van der Waals surface area contributed by atoms with E-state index < -0.39 is 37.8 Å². The fourth-order valence-corrected chi connectivity index (χ4v) is 6.79. The third kappa shape index (κ3) is 9.57. The predicted molar refractivity (Wildman–Crippen MR) is 172 cm³/mol. The first-order valence-electron chi connectivity index (χ1n) is 14.8. The van der Waals surface area contributed by atoms with Gasteiger partial charge in [-0.3, -0.25) is 9.59 Å². The molecule has 1 aromatic heterocycles. The fraction of sp³-hybridized carbons (Fsp3) is 0.667. The minimum atomic E-state index is -2.21. The lowest BCUT2D eigenvalue weighted by atomic mass is 9.73. The van der Waals surface area contributed by atoms with Gasteiger partial charge >= 0.3 is 5.97 Å². The van der Waals surface area contributed by atoms with Gasteiger partial charge in [-0.15, -0.1) is 11.3 Å². The zero-order valence-electron chi connectivity index (χ0n) is 27.3. The molecule has 0 radical (unpaired) electrons. The number of hydrogen-bond acceptors (Lipinski definition) is 7. The molecular weight excluding hydrogens is 551 g/mol. The molecule has 0 aliphatic carbocycles. The molecule has 0 amide bonds. The first kappa shape index (κ1) is 35.3. The number of Topliss-reactive ketones (excluding diaryl/α,β-unsaturated/α-hetero) is 1. The molecule has 1 N–H and O–H groups in total. The van der Waals surface area contributed by atoms with Crippen LogP contribution in [0.25, 0.3) is 6.08 Å². The third-order valence-corrected chi connectivity index (χ3v) is 14.1. The molecule has 1 aromatic rings. The number of aliphatic hydroxyl groups is 1. The number of aryl methyl sites for hydroxylation is 1. The highest BCUT2D eigenvalue weighted by Crippen LogP contribution is 2.41. The second-order valence-corrected chi connectivity index (χ2v) is 19.7. The number of thiazole rings is 1. The lowest BCUT2D eigenvalue weighted by Crippen LogP contribution is -2.51. The Kier molecular flexibility index (Phi) is 12.1. The van der Waals surface area contributed by atoms with Gasteiger partial charge in [0.1, 0.15) is 11.9 Å². The minimum absolute atomic E-state index is 0.0128. The Morgan fingerprint density at radius 1 is 1.22 bits per heavy atom. The first-order chi connectivity index (χ1) is 18.8. The molecule has 0 fully saturated rings. The molecule has 1 unspecified atom stereocenters. The van der Waals surface area contributed by atoms with Gasteiger partial charge in [0.25, 0.3) is 0 Å². The van der Waals surface area contributed by atoms with Gasteiger partial charge < -0.3 is 14.3 Å². The number of nitrogens with zero attached hydrogens (tertiary/aromatic N) is 1. The Balaban J connectivity index is 2.48. The molecule has 1 aliphatic heterocycles. The topological polar surface area (TPSA) is 85.7 Å². The number of rotatable bonds is 4. The highest BCUT2D eigenvalue weighted by molar-refractivity contribution is 7.09. The summed E-state index contributed by atoms with van der Waals surface area (Å²) >= 11 is 1.57. The number of hydrogen-bond donors (Lipinski definition) is 1. The van der Waals surface area contributed by atoms with Crippen molar-refractivity contribution in [2.45, 2.75) is 125 Å². The van der Waals surface area contributed by atoms with Crippen molar-refractivity contribution in [3.05, 3.63) is 45.5 Å². The molecule has 0 saturated carbocycles. The van der Waals surface area contributed by atoms with E-state index in [1.165, 1.54) is 0 Å². The van der Waals surface area contributed by atoms with E-state index in [1.807, 2.05) is 32.2 Å². The summed E-state index contributed by atoms with van der Waals surface area (Å²) in [5, 5.41) is 14.1. The van der Waals surface area contributed by atoms with Crippen LogP contribution in [0.4, 0.5) is 0 Å². The average molecular weight is 604 g/mol. The van der Waals surface area contributed by atoms with Gasteiger partial charge in [0.15, 0.2) is 8.32 Å². The van der Waals surface area contributed by atoms with Crippen LogP contribution < -0.4 is 0 Å². The van der Waals surface area contributed by atoms with E-state index in [0.29, 0.717) is 6.42 Å². The van der Waals surface area contributed by atoms with Crippen LogP contribution in [0.1, 0.15) is 92.3 Å². The van der Waals surface area contributed by atoms with Crippen molar-refractivity contribution < 1.29 is 23.9 Å². The number of cyclic esters (lactones) is 1. The standard InChI is InChI=1S/C33H53NO5SSi/c1-21-14-13-15-22(2)30(39-41(11,12)32(6,7)8)24(4)31(37)33(9,10)28(35)19-29(36)38-27(17-16-21)23(3)18-26-20-40-25(5)34-26/h13,15-16,18,20,22,24,27-28,30,35H,14,17,19H2,1-12H3/b15-13-,21-16-,23-18+/t22-,24+,27-,28?,30-/m0/s1. The fourth-order valence-electron chi connectivity index (χ4n) is 4.77. The Hall–Kier alpha value is -1.87. The van der Waals surface area contributed by atoms with Crippen molar-refractivity contribution in [3.63, 3.8) is 0 Å². The molecule has 1 aliphatic rings. The minimum Gasteiger partial charge on any atom is -0.457 e. The number of ketones is 1. The zero-order valence-corrected chi connectivity index (χ0v) is 29.1. The highest BCUT2D eigenvalue weighted by Gasteiger charge is 2.46. The number of aromatic nitrogens is 1. The Labute approximate surface area is 253 Å². The third-order valence-electron chi connectivity index (χ3n) is 8.84. The molecule has 0 bridgehead atoms. The molecule has 2 heterocycles. The molecule has 0 saturated heterocycles. The maximum absolute atomic E-state index is 14.0. The van der Waals surface area contributed by atoms with Crippen LogP contribution in [-0.2, 0) is 18.8 Å². The van der Waals surface area contributed by atoms with Crippen molar-refractivity contribution in [1.82, 2.24) is 4.98 Å². The zero-order chi connectivity index (χ0) is 31.3. The van der Waals surface area contributed by atoms with Gasteiger partial charge in [0, 0.05) is 17.7 Å². The molecular formula is C33H53NO5SSi.